The maximum absolute atomic E-state index is 13.1. The lowest BCUT2D eigenvalue weighted by Gasteiger charge is -2.10. The first-order chi connectivity index (χ1) is 12.5. The van der Waals surface area contributed by atoms with E-state index >= 15 is 0 Å². The third kappa shape index (κ3) is 4.67. The Hall–Kier alpha value is -2.73. The Morgan fingerprint density at radius 1 is 0.962 bits per heavy atom. The van der Waals surface area contributed by atoms with Crippen LogP contribution in [0.4, 0.5) is 14.5 Å². The first kappa shape index (κ1) is 18.1. The second-order valence-corrected chi connectivity index (χ2v) is 6.38. The Morgan fingerprint density at radius 2 is 1.69 bits per heavy atom. The number of benzene rings is 3. The van der Waals surface area contributed by atoms with Crippen molar-refractivity contribution in [1.29, 1.82) is 0 Å². The van der Waals surface area contributed by atoms with Crippen LogP contribution in [0.3, 0.4) is 0 Å². The average molecular weight is 418 g/mol. The van der Waals surface area contributed by atoms with Crippen LogP contribution in [-0.4, -0.2) is 5.91 Å². The van der Waals surface area contributed by atoms with Gasteiger partial charge in [-0.05, 0) is 64.0 Å². The van der Waals surface area contributed by atoms with Gasteiger partial charge in [-0.25, -0.2) is 8.78 Å². The molecular weight excluding hydrogens is 404 g/mol. The van der Waals surface area contributed by atoms with Gasteiger partial charge in [-0.1, -0.05) is 18.2 Å². The number of nitrogens with one attached hydrogen (secondary N) is 1. The third-order valence-corrected chi connectivity index (χ3v) is 4.24. The Bertz CT molecular complexity index is 929. The van der Waals surface area contributed by atoms with Gasteiger partial charge < -0.3 is 10.1 Å². The summed E-state index contributed by atoms with van der Waals surface area (Å²) in [4.78, 5) is 12.3. The van der Waals surface area contributed by atoms with E-state index in [1.807, 2.05) is 0 Å². The summed E-state index contributed by atoms with van der Waals surface area (Å²) >= 11 is 3.18. The van der Waals surface area contributed by atoms with Crippen molar-refractivity contribution in [2.24, 2.45) is 0 Å². The minimum Gasteiger partial charge on any atom is -0.489 e. The van der Waals surface area contributed by atoms with Crippen LogP contribution in [0.15, 0.2) is 71.2 Å². The molecule has 0 saturated carbocycles. The Kier molecular flexibility index (Phi) is 5.63. The number of ether oxygens (including phenoxy) is 1. The molecule has 0 spiro atoms. The molecule has 0 saturated heterocycles. The van der Waals surface area contributed by atoms with Gasteiger partial charge >= 0.3 is 0 Å². The molecule has 0 aromatic heterocycles. The number of halogens is 3. The van der Waals surface area contributed by atoms with Crippen LogP contribution in [0, 0.1) is 11.6 Å². The van der Waals surface area contributed by atoms with E-state index in [9.17, 15) is 13.6 Å². The molecule has 0 atom stereocenters. The normalized spacial score (nSPS) is 10.4. The SMILES string of the molecule is O=C(Nc1cccc(OCc2ccc(F)cc2)c1)c1ccc(F)cc1Br. The first-order valence-corrected chi connectivity index (χ1v) is 8.54. The number of hydrogen-bond acceptors (Lipinski definition) is 2. The quantitative estimate of drug-likeness (QED) is 0.590. The monoisotopic (exact) mass is 417 g/mol. The van der Waals surface area contributed by atoms with Gasteiger partial charge in [0, 0.05) is 16.2 Å². The topological polar surface area (TPSA) is 38.3 Å². The van der Waals surface area contributed by atoms with Crippen molar-refractivity contribution in [3.05, 3.63) is 94.0 Å². The molecule has 3 rings (SSSR count). The highest BCUT2D eigenvalue weighted by molar-refractivity contribution is 9.10. The molecular formula is C20H14BrF2NO2. The summed E-state index contributed by atoms with van der Waals surface area (Å²) in [5.74, 6) is -0.534. The van der Waals surface area contributed by atoms with E-state index < -0.39 is 5.82 Å². The molecule has 0 radical (unpaired) electrons. The predicted octanol–water partition coefficient (Wildman–Crippen LogP) is 5.56. The molecule has 26 heavy (non-hydrogen) atoms. The van der Waals surface area contributed by atoms with E-state index in [4.69, 9.17) is 4.74 Å². The van der Waals surface area contributed by atoms with Gasteiger partial charge in [-0.15, -0.1) is 0 Å². The molecule has 0 aliphatic heterocycles. The van der Waals surface area contributed by atoms with Gasteiger partial charge in [0.1, 0.15) is 24.0 Å². The van der Waals surface area contributed by atoms with Crippen molar-refractivity contribution < 1.29 is 18.3 Å². The van der Waals surface area contributed by atoms with Crippen molar-refractivity contribution in [2.45, 2.75) is 6.61 Å². The zero-order valence-electron chi connectivity index (χ0n) is 13.5. The van der Waals surface area contributed by atoms with Crippen molar-refractivity contribution in [3.8, 4) is 5.75 Å². The van der Waals surface area contributed by atoms with Crippen molar-refractivity contribution in [2.75, 3.05) is 5.32 Å². The summed E-state index contributed by atoms with van der Waals surface area (Å²) in [6, 6.07) is 16.8. The molecule has 0 bridgehead atoms. The van der Waals surface area contributed by atoms with E-state index in [1.165, 1.54) is 30.3 Å². The number of amides is 1. The van der Waals surface area contributed by atoms with Crippen molar-refractivity contribution in [1.82, 2.24) is 0 Å². The zero-order chi connectivity index (χ0) is 18.5. The lowest BCUT2D eigenvalue weighted by molar-refractivity contribution is 0.102. The standard InChI is InChI=1S/C20H14BrF2NO2/c21-19-10-15(23)8-9-18(19)20(25)24-16-2-1-3-17(11-16)26-12-13-4-6-14(22)7-5-13/h1-11H,12H2,(H,24,25). The van der Waals surface area contributed by atoms with Crippen LogP contribution in [0.5, 0.6) is 5.75 Å². The van der Waals surface area contributed by atoms with Crippen LogP contribution in [0.1, 0.15) is 15.9 Å². The van der Waals surface area contributed by atoms with Crippen LogP contribution in [0.2, 0.25) is 0 Å². The minimum absolute atomic E-state index is 0.279. The van der Waals surface area contributed by atoms with E-state index in [0.29, 0.717) is 21.5 Å². The molecule has 1 N–H and O–H groups in total. The minimum atomic E-state index is -0.426. The lowest BCUT2D eigenvalue weighted by Crippen LogP contribution is -2.12. The second kappa shape index (κ2) is 8.10. The summed E-state index contributed by atoms with van der Waals surface area (Å²) in [6.07, 6.45) is 0. The van der Waals surface area contributed by atoms with E-state index in [-0.39, 0.29) is 18.3 Å². The highest BCUT2D eigenvalue weighted by atomic mass is 79.9. The van der Waals surface area contributed by atoms with Gasteiger partial charge in [0.25, 0.3) is 5.91 Å². The van der Waals surface area contributed by atoms with Gasteiger partial charge in [0.2, 0.25) is 0 Å². The molecule has 3 aromatic rings. The smallest absolute Gasteiger partial charge is 0.256 e. The molecule has 0 unspecified atom stereocenters. The van der Waals surface area contributed by atoms with Gasteiger partial charge in [0.15, 0.2) is 0 Å². The predicted molar refractivity (Wildman–Crippen MR) is 99.2 cm³/mol. The Balaban J connectivity index is 1.66. The van der Waals surface area contributed by atoms with Crippen LogP contribution in [0.25, 0.3) is 0 Å². The average Bonchev–Trinajstić information content (AvgIpc) is 2.61. The fourth-order valence-electron chi connectivity index (χ4n) is 2.28. The Labute approximate surface area is 157 Å². The number of rotatable bonds is 5. The lowest BCUT2D eigenvalue weighted by atomic mass is 10.2. The number of hydrogen-bond donors (Lipinski definition) is 1. The summed E-state index contributed by atoms with van der Waals surface area (Å²) in [5.41, 5.74) is 1.70. The first-order valence-electron chi connectivity index (χ1n) is 7.75. The molecule has 0 aliphatic carbocycles. The summed E-state index contributed by atoms with van der Waals surface area (Å²) < 4.78 is 32.1. The fourth-order valence-corrected chi connectivity index (χ4v) is 2.81. The van der Waals surface area contributed by atoms with Gasteiger partial charge in [-0.3, -0.25) is 4.79 Å². The van der Waals surface area contributed by atoms with Crippen LogP contribution < -0.4 is 10.1 Å². The summed E-state index contributed by atoms with van der Waals surface area (Å²) in [5, 5.41) is 2.74. The van der Waals surface area contributed by atoms with Crippen molar-refractivity contribution in [3.63, 3.8) is 0 Å². The molecule has 3 nitrogen and oxygen atoms in total. The molecule has 0 heterocycles. The van der Waals surface area contributed by atoms with Gasteiger partial charge in [0.05, 0.1) is 5.56 Å². The van der Waals surface area contributed by atoms with E-state index in [0.717, 1.165) is 5.56 Å². The zero-order valence-corrected chi connectivity index (χ0v) is 15.1. The molecule has 0 aliphatic rings. The molecule has 6 heteroatoms. The fraction of sp³-hybridized carbons (Fsp3) is 0.0500. The molecule has 3 aromatic carbocycles. The highest BCUT2D eigenvalue weighted by Crippen LogP contribution is 2.22. The maximum atomic E-state index is 13.1. The second-order valence-electron chi connectivity index (χ2n) is 5.52. The van der Waals surface area contributed by atoms with E-state index in [2.05, 4.69) is 21.2 Å². The van der Waals surface area contributed by atoms with Crippen LogP contribution >= 0.6 is 15.9 Å². The van der Waals surface area contributed by atoms with Gasteiger partial charge in [-0.2, -0.15) is 0 Å². The highest BCUT2D eigenvalue weighted by Gasteiger charge is 2.11. The third-order valence-electron chi connectivity index (χ3n) is 3.59. The van der Waals surface area contributed by atoms with Crippen molar-refractivity contribution >= 4 is 27.5 Å². The van der Waals surface area contributed by atoms with Crippen LogP contribution in [-0.2, 0) is 6.61 Å². The number of carbonyl (C=O) groups excluding carboxylic acids is 1. The Morgan fingerprint density at radius 3 is 2.42 bits per heavy atom. The molecule has 0 fully saturated rings. The van der Waals surface area contributed by atoms with E-state index in [1.54, 1.807) is 36.4 Å². The number of carbonyl (C=O) groups is 1. The number of anilines is 1. The molecule has 132 valence electrons. The maximum Gasteiger partial charge on any atom is 0.256 e. The molecule has 1 amide bonds. The summed E-state index contributed by atoms with van der Waals surface area (Å²) in [7, 11) is 0. The largest absolute Gasteiger partial charge is 0.489 e. The summed E-state index contributed by atoms with van der Waals surface area (Å²) in [6.45, 7) is 0.279.